The summed E-state index contributed by atoms with van der Waals surface area (Å²) >= 11 is 0. The fourth-order valence-electron chi connectivity index (χ4n) is 2.72. The van der Waals surface area contributed by atoms with Gasteiger partial charge in [-0.3, -0.25) is 4.79 Å². The van der Waals surface area contributed by atoms with Crippen LogP contribution in [0.4, 0.5) is 15.9 Å². The van der Waals surface area contributed by atoms with E-state index in [4.69, 9.17) is 0 Å². The number of likely N-dealkylation sites (N-methyl/N-ethyl adjacent to an activating group) is 1. The molecule has 0 unspecified atom stereocenters. The second-order valence-electron chi connectivity index (χ2n) is 6.23. The number of fused-ring (bicyclic) bond motifs is 1. The molecule has 1 N–H and O–H groups in total. The van der Waals surface area contributed by atoms with Crippen LogP contribution >= 0.6 is 0 Å². The van der Waals surface area contributed by atoms with E-state index in [0.717, 1.165) is 22.3 Å². The van der Waals surface area contributed by atoms with Crippen LogP contribution in [0.15, 0.2) is 30.7 Å². The molecule has 0 radical (unpaired) electrons. The van der Waals surface area contributed by atoms with Crippen LogP contribution in [-0.2, 0) is 11.3 Å². The number of rotatable bonds is 4. The first kappa shape index (κ1) is 16.9. The minimum Gasteiger partial charge on any atom is -0.347 e. The lowest BCUT2D eigenvalue weighted by atomic mass is 10.1. The summed E-state index contributed by atoms with van der Waals surface area (Å²) in [6, 6.07) is 4.77. The van der Waals surface area contributed by atoms with Gasteiger partial charge in [0, 0.05) is 26.0 Å². The molecule has 0 saturated heterocycles. The quantitative estimate of drug-likeness (QED) is 0.792. The average Bonchev–Trinajstić information content (AvgIpc) is 2.94. The molecule has 1 aromatic carbocycles. The SMILES string of the molecule is Cc1cc(F)cc(C)c1Nc1nccc2c1ncn2CC(=O)N(C)C. The summed E-state index contributed by atoms with van der Waals surface area (Å²) in [5.41, 5.74) is 3.86. The number of carbonyl (C=O) groups excluding carboxylic acids is 1. The van der Waals surface area contributed by atoms with Crippen LogP contribution in [0.2, 0.25) is 0 Å². The Balaban J connectivity index is 1.99. The van der Waals surface area contributed by atoms with Crippen LogP contribution in [0.3, 0.4) is 0 Å². The van der Waals surface area contributed by atoms with Crippen molar-refractivity contribution in [2.24, 2.45) is 0 Å². The van der Waals surface area contributed by atoms with Gasteiger partial charge < -0.3 is 14.8 Å². The number of halogens is 1. The number of aromatic nitrogens is 3. The van der Waals surface area contributed by atoms with E-state index in [-0.39, 0.29) is 18.3 Å². The second-order valence-corrected chi connectivity index (χ2v) is 6.23. The van der Waals surface area contributed by atoms with Crippen molar-refractivity contribution in [3.8, 4) is 0 Å². The molecule has 25 heavy (non-hydrogen) atoms. The molecular weight excluding hydrogens is 321 g/mol. The van der Waals surface area contributed by atoms with E-state index in [0.29, 0.717) is 11.3 Å². The number of hydrogen-bond donors (Lipinski definition) is 1. The molecule has 0 aliphatic rings. The molecule has 0 aliphatic carbocycles. The van der Waals surface area contributed by atoms with Gasteiger partial charge in [-0.1, -0.05) is 0 Å². The van der Waals surface area contributed by atoms with E-state index in [1.807, 2.05) is 19.9 Å². The van der Waals surface area contributed by atoms with Crippen LogP contribution in [0.5, 0.6) is 0 Å². The van der Waals surface area contributed by atoms with Gasteiger partial charge in [-0.2, -0.15) is 0 Å². The van der Waals surface area contributed by atoms with Gasteiger partial charge in [0.2, 0.25) is 5.91 Å². The zero-order valence-electron chi connectivity index (χ0n) is 14.7. The largest absolute Gasteiger partial charge is 0.347 e. The zero-order chi connectivity index (χ0) is 18.1. The number of carbonyl (C=O) groups is 1. The van der Waals surface area contributed by atoms with Crippen LogP contribution in [-0.4, -0.2) is 39.4 Å². The molecule has 3 aromatic rings. The maximum Gasteiger partial charge on any atom is 0.242 e. The molecule has 0 aliphatic heterocycles. The Morgan fingerprint density at radius 2 is 1.92 bits per heavy atom. The van der Waals surface area contributed by atoms with Crippen molar-refractivity contribution in [1.29, 1.82) is 0 Å². The topological polar surface area (TPSA) is 63.1 Å². The molecular formula is C18H20FN5O. The van der Waals surface area contributed by atoms with Crippen molar-refractivity contribution < 1.29 is 9.18 Å². The maximum atomic E-state index is 13.5. The van der Waals surface area contributed by atoms with Gasteiger partial charge in [0.25, 0.3) is 0 Å². The molecule has 0 bridgehead atoms. The molecule has 2 aromatic heterocycles. The van der Waals surface area contributed by atoms with Gasteiger partial charge in [0.05, 0.1) is 11.8 Å². The van der Waals surface area contributed by atoms with Crippen LogP contribution in [0, 0.1) is 19.7 Å². The highest BCUT2D eigenvalue weighted by molar-refractivity contribution is 5.89. The molecule has 7 heteroatoms. The number of nitrogens with one attached hydrogen (secondary N) is 1. The van der Waals surface area contributed by atoms with Gasteiger partial charge in [-0.25, -0.2) is 14.4 Å². The number of nitrogens with zero attached hydrogens (tertiary/aromatic N) is 4. The van der Waals surface area contributed by atoms with Crippen molar-refractivity contribution in [3.05, 3.63) is 47.7 Å². The summed E-state index contributed by atoms with van der Waals surface area (Å²) in [6.45, 7) is 3.89. The van der Waals surface area contributed by atoms with Crippen LogP contribution < -0.4 is 5.32 Å². The molecule has 2 heterocycles. The summed E-state index contributed by atoms with van der Waals surface area (Å²) in [7, 11) is 3.44. The highest BCUT2D eigenvalue weighted by Crippen LogP contribution is 2.28. The highest BCUT2D eigenvalue weighted by atomic mass is 19.1. The third kappa shape index (κ3) is 3.31. The van der Waals surface area contributed by atoms with E-state index < -0.39 is 0 Å². The normalized spacial score (nSPS) is 10.9. The lowest BCUT2D eigenvalue weighted by Crippen LogP contribution is -2.25. The van der Waals surface area contributed by atoms with E-state index >= 15 is 0 Å². The molecule has 0 spiro atoms. The summed E-state index contributed by atoms with van der Waals surface area (Å²) < 4.78 is 15.3. The van der Waals surface area contributed by atoms with E-state index in [1.165, 1.54) is 17.0 Å². The third-order valence-corrected chi connectivity index (χ3v) is 4.08. The minimum atomic E-state index is -0.266. The summed E-state index contributed by atoms with van der Waals surface area (Å²) in [6.07, 6.45) is 3.29. The lowest BCUT2D eigenvalue weighted by molar-refractivity contribution is -0.129. The van der Waals surface area contributed by atoms with E-state index in [1.54, 1.807) is 31.2 Å². The number of hydrogen-bond acceptors (Lipinski definition) is 4. The second kappa shape index (κ2) is 6.51. The summed E-state index contributed by atoms with van der Waals surface area (Å²) in [4.78, 5) is 22.3. The smallest absolute Gasteiger partial charge is 0.242 e. The van der Waals surface area contributed by atoms with Gasteiger partial charge >= 0.3 is 0 Å². The predicted molar refractivity (Wildman–Crippen MR) is 95.4 cm³/mol. The Morgan fingerprint density at radius 3 is 2.56 bits per heavy atom. The molecule has 6 nitrogen and oxygen atoms in total. The Morgan fingerprint density at radius 1 is 1.24 bits per heavy atom. The zero-order valence-corrected chi connectivity index (χ0v) is 14.7. The fourth-order valence-corrected chi connectivity index (χ4v) is 2.72. The number of imidazole rings is 1. The first-order valence-corrected chi connectivity index (χ1v) is 7.90. The lowest BCUT2D eigenvalue weighted by Gasteiger charge is -2.13. The number of pyridine rings is 1. The molecule has 0 fully saturated rings. The van der Waals surface area contributed by atoms with Crippen molar-refractivity contribution >= 4 is 28.4 Å². The third-order valence-electron chi connectivity index (χ3n) is 4.08. The number of anilines is 2. The molecule has 1 amide bonds. The monoisotopic (exact) mass is 341 g/mol. The average molecular weight is 341 g/mol. The summed E-state index contributed by atoms with van der Waals surface area (Å²) in [5, 5.41) is 3.25. The van der Waals surface area contributed by atoms with Crippen molar-refractivity contribution in [1.82, 2.24) is 19.4 Å². The minimum absolute atomic E-state index is 0.0177. The Hall–Kier alpha value is -2.96. The number of benzene rings is 1. The summed E-state index contributed by atoms with van der Waals surface area (Å²) in [5.74, 6) is 0.292. The van der Waals surface area contributed by atoms with E-state index in [2.05, 4.69) is 15.3 Å². The van der Waals surface area contributed by atoms with Crippen LogP contribution in [0.1, 0.15) is 11.1 Å². The Labute approximate surface area is 145 Å². The van der Waals surface area contributed by atoms with Crippen molar-refractivity contribution in [2.75, 3.05) is 19.4 Å². The van der Waals surface area contributed by atoms with E-state index in [9.17, 15) is 9.18 Å². The highest BCUT2D eigenvalue weighted by Gasteiger charge is 2.14. The Bertz CT molecular complexity index is 925. The predicted octanol–water partition coefficient (Wildman–Crippen LogP) is 3.02. The maximum absolute atomic E-state index is 13.5. The number of aryl methyl sites for hydroxylation is 2. The fraction of sp³-hybridized carbons (Fsp3) is 0.278. The van der Waals surface area contributed by atoms with Crippen LogP contribution in [0.25, 0.3) is 11.0 Å². The molecule has 0 saturated carbocycles. The van der Waals surface area contributed by atoms with Gasteiger partial charge in [-0.05, 0) is 43.2 Å². The molecule has 3 rings (SSSR count). The van der Waals surface area contributed by atoms with Crippen molar-refractivity contribution in [3.63, 3.8) is 0 Å². The van der Waals surface area contributed by atoms with Gasteiger partial charge in [0.15, 0.2) is 5.82 Å². The Kier molecular flexibility index (Phi) is 4.39. The number of amides is 1. The van der Waals surface area contributed by atoms with Gasteiger partial charge in [0.1, 0.15) is 17.9 Å². The first-order chi connectivity index (χ1) is 11.9. The van der Waals surface area contributed by atoms with Crippen molar-refractivity contribution in [2.45, 2.75) is 20.4 Å². The molecule has 130 valence electrons. The van der Waals surface area contributed by atoms with Gasteiger partial charge in [-0.15, -0.1) is 0 Å². The molecule has 0 atom stereocenters. The first-order valence-electron chi connectivity index (χ1n) is 7.90. The standard InChI is InChI=1S/C18H20FN5O/c1-11-7-13(19)8-12(2)16(11)22-18-17-14(5-6-20-18)24(10-21-17)9-15(25)23(3)4/h5-8,10H,9H2,1-4H3,(H,20,22).